The fourth-order valence-corrected chi connectivity index (χ4v) is 8.01. The molecule has 0 saturated heterocycles. The Hall–Kier alpha value is -4.18. The second kappa shape index (κ2) is 15.6. The molecule has 2 N–H and O–H groups in total. The van der Waals surface area contributed by atoms with Crippen LogP contribution in [0.1, 0.15) is 100 Å². The number of aliphatic carboxylic acids is 1. The summed E-state index contributed by atoms with van der Waals surface area (Å²) in [6, 6.07) is 21.7. The molecule has 1 saturated carbocycles. The Bertz CT molecular complexity index is 1730. The monoisotopic (exact) mass is 689 g/mol. The van der Waals surface area contributed by atoms with Gasteiger partial charge in [-0.2, -0.15) is 0 Å². The molecule has 5 rings (SSSR count). The summed E-state index contributed by atoms with van der Waals surface area (Å²) in [5, 5.41) is 12.1. The second-order valence-electron chi connectivity index (χ2n) is 14.4. The van der Waals surface area contributed by atoms with Crippen molar-refractivity contribution in [2.24, 2.45) is 5.92 Å². The molecule has 1 heterocycles. The average Bonchev–Trinajstić information content (AvgIpc) is 3.02. The standard InChI is InChI=1S/C39H47NO8S/c1-39(2,3)32-20-18-27(17-19-28(21-26-11-5-4-6-12-26)47-38(44)25-49(45,46)24-37(42)43)22-33(32)40-36(41)23-31-29-13-7-9-15-34(29)48-35-16-10-8-14-30(31)35/h7-10,13-16,18,20,22,26,28,31H,4-6,11-12,17,19,21,23-25H2,1-3H3,(H,40,41)(H,42,43). The number of sulfone groups is 1. The van der Waals surface area contributed by atoms with Gasteiger partial charge in [0.05, 0.1) is 0 Å². The van der Waals surface area contributed by atoms with Crippen molar-refractivity contribution in [1.29, 1.82) is 0 Å². The molecule has 49 heavy (non-hydrogen) atoms. The predicted octanol–water partition coefficient (Wildman–Crippen LogP) is 7.56. The second-order valence-corrected chi connectivity index (χ2v) is 16.5. The van der Waals surface area contributed by atoms with Gasteiger partial charge in [-0.25, -0.2) is 8.42 Å². The molecule has 262 valence electrons. The molecule has 1 amide bonds. The summed E-state index contributed by atoms with van der Waals surface area (Å²) in [6.07, 6.45) is 6.83. The van der Waals surface area contributed by atoms with Gasteiger partial charge < -0.3 is 19.9 Å². The van der Waals surface area contributed by atoms with Gasteiger partial charge in [-0.1, -0.05) is 101 Å². The molecule has 0 aromatic heterocycles. The maximum Gasteiger partial charge on any atom is 0.321 e. The quantitative estimate of drug-likeness (QED) is 0.176. The summed E-state index contributed by atoms with van der Waals surface area (Å²) in [6.45, 7) is 6.29. The van der Waals surface area contributed by atoms with E-state index in [1.54, 1.807) is 0 Å². The van der Waals surface area contributed by atoms with E-state index >= 15 is 0 Å². The van der Waals surface area contributed by atoms with Crippen LogP contribution in [0.3, 0.4) is 0 Å². The van der Waals surface area contributed by atoms with Crippen LogP contribution in [0.25, 0.3) is 0 Å². The highest BCUT2D eigenvalue weighted by molar-refractivity contribution is 7.92. The molecule has 1 atom stereocenters. The zero-order chi connectivity index (χ0) is 35.2. The van der Waals surface area contributed by atoms with Gasteiger partial charge in [0.1, 0.15) is 29.1 Å². The summed E-state index contributed by atoms with van der Waals surface area (Å²) in [4.78, 5) is 37.4. The highest BCUT2D eigenvalue weighted by Crippen LogP contribution is 2.45. The van der Waals surface area contributed by atoms with Crippen LogP contribution in [0.5, 0.6) is 11.5 Å². The van der Waals surface area contributed by atoms with E-state index in [4.69, 9.17) is 14.6 Å². The summed E-state index contributed by atoms with van der Waals surface area (Å²) < 4.78 is 36.2. The highest BCUT2D eigenvalue weighted by Gasteiger charge is 2.30. The lowest BCUT2D eigenvalue weighted by molar-refractivity contribution is -0.147. The summed E-state index contributed by atoms with van der Waals surface area (Å²) >= 11 is 0. The number of carbonyl (C=O) groups is 3. The van der Waals surface area contributed by atoms with Gasteiger partial charge in [-0.05, 0) is 59.9 Å². The third-order valence-electron chi connectivity index (χ3n) is 9.42. The number of esters is 1. The Kier molecular flexibility index (Phi) is 11.5. The van der Waals surface area contributed by atoms with Gasteiger partial charge >= 0.3 is 11.9 Å². The lowest BCUT2D eigenvalue weighted by Gasteiger charge is -2.29. The summed E-state index contributed by atoms with van der Waals surface area (Å²) in [5.41, 5.74) is 4.36. The van der Waals surface area contributed by atoms with Crippen molar-refractivity contribution in [3.63, 3.8) is 0 Å². The Morgan fingerprint density at radius 3 is 2.16 bits per heavy atom. The summed E-state index contributed by atoms with van der Waals surface area (Å²) in [5.74, 6) is -2.91. The minimum absolute atomic E-state index is 0.120. The zero-order valence-corrected chi connectivity index (χ0v) is 29.4. The van der Waals surface area contributed by atoms with Crippen LogP contribution in [0.2, 0.25) is 0 Å². The van der Waals surface area contributed by atoms with Crippen LogP contribution in [0.4, 0.5) is 5.69 Å². The Labute approximate surface area is 289 Å². The molecular weight excluding hydrogens is 642 g/mol. The van der Waals surface area contributed by atoms with Crippen LogP contribution in [0, 0.1) is 5.92 Å². The highest BCUT2D eigenvalue weighted by atomic mass is 32.2. The topological polar surface area (TPSA) is 136 Å². The molecular formula is C39H47NO8S. The molecule has 1 unspecified atom stereocenters. The van der Waals surface area contributed by atoms with Crippen molar-refractivity contribution in [1.82, 2.24) is 0 Å². The van der Waals surface area contributed by atoms with Crippen molar-refractivity contribution < 1.29 is 37.4 Å². The molecule has 0 bridgehead atoms. The summed E-state index contributed by atoms with van der Waals surface area (Å²) in [7, 11) is -4.13. The molecule has 3 aromatic rings. The maximum absolute atomic E-state index is 13.8. The number of nitrogens with one attached hydrogen (secondary N) is 1. The van der Waals surface area contributed by atoms with Crippen molar-refractivity contribution in [2.75, 3.05) is 16.8 Å². The van der Waals surface area contributed by atoms with E-state index in [0.29, 0.717) is 25.2 Å². The molecule has 0 radical (unpaired) electrons. The van der Waals surface area contributed by atoms with E-state index < -0.39 is 39.4 Å². The lowest BCUT2D eigenvalue weighted by Crippen LogP contribution is -2.29. The first-order valence-electron chi connectivity index (χ1n) is 17.2. The number of carboxylic acid groups (broad SMARTS) is 1. The van der Waals surface area contributed by atoms with Gasteiger partial charge in [0.15, 0.2) is 9.84 Å². The number of carbonyl (C=O) groups excluding carboxylic acids is 2. The minimum atomic E-state index is -4.13. The van der Waals surface area contributed by atoms with E-state index in [1.165, 1.54) is 6.42 Å². The number of hydrogen-bond acceptors (Lipinski definition) is 7. The van der Waals surface area contributed by atoms with Crippen LogP contribution in [0.15, 0.2) is 66.7 Å². The van der Waals surface area contributed by atoms with Gasteiger partial charge in [0, 0.05) is 29.2 Å². The number of benzene rings is 3. The van der Waals surface area contributed by atoms with Crippen molar-refractivity contribution in [3.05, 3.63) is 89.0 Å². The van der Waals surface area contributed by atoms with E-state index in [0.717, 1.165) is 65.1 Å². The van der Waals surface area contributed by atoms with Gasteiger partial charge in [0.25, 0.3) is 0 Å². The van der Waals surface area contributed by atoms with Gasteiger partial charge in [-0.15, -0.1) is 0 Å². The predicted molar refractivity (Wildman–Crippen MR) is 189 cm³/mol. The smallest absolute Gasteiger partial charge is 0.321 e. The van der Waals surface area contributed by atoms with Crippen LogP contribution >= 0.6 is 0 Å². The number of ether oxygens (including phenoxy) is 2. The first-order valence-corrected chi connectivity index (χ1v) is 19.0. The average molecular weight is 690 g/mol. The third kappa shape index (κ3) is 9.94. The Balaban J connectivity index is 1.32. The van der Waals surface area contributed by atoms with Gasteiger partial charge in [-0.3, -0.25) is 14.4 Å². The Morgan fingerprint density at radius 1 is 0.918 bits per heavy atom. The number of rotatable bonds is 13. The number of aryl methyl sites for hydroxylation is 1. The molecule has 1 aliphatic carbocycles. The van der Waals surface area contributed by atoms with E-state index in [-0.39, 0.29) is 23.7 Å². The molecule has 0 spiro atoms. The fraction of sp³-hybridized carbons (Fsp3) is 0.462. The van der Waals surface area contributed by atoms with E-state index in [2.05, 4.69) is 26.1 Å². The molecule has 10 heteroatoms. The minimum Gasteiger partial charge on any atom is -0.480 e. The number of para-hydroxylation sites is 2. The largest absolute Gasteiger partial charge is 0.480 e. The van der Waals surface area contributed by atoms with Crippen LogP contribution in [-0.4, -0.2) is 49.0 Å². The van der Waals surface area contributed by atoms with Gasteiger partial charge in [0.2, 0.25) is 5.91 Å². The van der Waals surface area contributed by atoms with Crippen molar-refractivity contribution in [3.8, 4) is 11.5 Å². The third-order valence-corrected chi connectivity index (χ3v) is 10.8. The zero-order valence-electron chi connectivity index (χ0n) is 28.6. The van der Waals surface area contributed by atoms with E-state index in [1.807, 2.05) is 66.7 Å². The van der Waals surface area contributed by atoms with Crippen molar-refractivity contribution in [2.45, 2.75) is 96.0 Å². The van der Waals surface area contributed by atoms with Crippen LogP contribution in [-0.2, 0) is 40.8 Å². The number of carboxylic acids is 1. The first-order chi connectivity index (χ1) is 23.3. The first kappa shape index (κ1) is 36.1. The normalized spacial score (nSPS) is 15.7. The number of anilines is 1. The van der Waals surface area contributed by atoms with Crippen molar-refractivity contribution >= 4 is 33.4 Å². The molecule has 1 fully saturated rings. The number of hydrogen-bond donors (Lipinski definition) is 2. The SMILES string of the molecule is CC(C)(C)c1ccc(CCC(CC2CCCCC2)OC(=O)CS(=O)(=O)CC(=O)O)cc1NC(=O)CC1c2ccccc2Oc2ccccc21. The molecule has 3 aromatic carbocycles. The lowest BCUT2D eigenvalue weighted by atomic mass is 9.83. The van der Waals surface area contributed by atoms with Crippen LogP contribution < -0.4 is 10.1 Å². The molecule has 2 aliphatic rings. The molecule has 9 nitrogen and oxygen atoms in total. The van der Waals surface area contributed by atoms with E-state index in [9.17, 15) is 22.8 Å². The fourth-order valence-electron chi connectivity index (χ4n) is 7.11. The Morgan fingerprint density at radius 2 is 1.55 bits per heavy atom. The molecule has 1 aliphatic heterocycles. The maximum atomic E-state index is 13.8. The number of amides is 1. The number of fused-ring (bicyclic) bond motifs is 2.